The second-order valence-corrected chi connectivity index (χ2v) is 5.83. The fraction of sp³-hybridized carbons (Fsp3) is 0.474. The molecule has 0 fully saturated rings. The van der Waals surface area contributed by atoms with Crippen LogP contribution in [0.1, 0.15) is 46.6 Å². The Kier molecular flexibility index (Phi) is 8.02. The van der Waals surface area contributed by atoms with Crippen LogP contribution in [0.15, 0.2) is 35.9 Å². The number of carbonyl (C=O) groups is 2. The van der Waals surface area contributed by atoms with Crippen molar-refractivity contribution in [3.63, 3.8) is 0 Å². The van der Waals surface area contributed by atoms with Crippen LogP contribution in [0.4, 0.5) is 0 Å². The van der Waals surface area contributed by atoms with E-state index in [0.29, 0.717) is 12.2 Å². The van der Waals surface area contributed by atoms with Gasteiger partial charge in [0.15, 0.2) is 5.57 Å². The van der Waals surface area contributed by atoms with Crippen LogP contribution in [0.5, 0.6) is 0 Å². The fourth-order valence-corrected chi connectivity index (χ4v) is 1.91. The van der Waals surface area contributed by atoms with E-state index in [0.717, 1.165) is 6.42 Å². The smallest absolute Gasteiger partial charge is 0.349 e. The average molecular weight is 334 g/mol. The van der Waals surface area contributed by atoms with Gasteiger partial charge in [-0.2, -0.15) is 0 Å². The van der Waals surface area contributed by atoms with Crippen molar-refractivity contribution in [2.45, 2.75) is 53.2 Å². The molecule has 0 N–H and O–H groups in total. The van der Waals surface area contributed by atoms with E-state index in [2.05, 4.69) is 0 Å². The summed E-state index contributed by atoms with van der Waals surface area (Å²) in [5.41, 5.74) is 0.416. The monoisotopic (exact) mass is 334 g/mol. The first-order valence-corrected chi connectivity index (χ1v) is 8.21. The Bertz CT molecular complexity index is 549. The van der Waals surface area contributed by atoms with E-state index in [9.17, 15) is 9.59 Å². The van der Waals surface area contributed by atoms with Gasteiger partial charge in [0.1, 0.15) is 5.76 Å². The molecule has 5 heteroatoms. The van der Waals surface area contributed by atoms with Gasteiger partial charge in [0.2, 0.25) is 0 Å². The number of hydrogen-bond acceptors (Lipinski definition) is 5. The van der Waals surface area contributed by atoms with Gasteiger partial charge in [-0.25, -0.2) is 9.59 Å². The number of rotatable bonds is 8. The summed E-state index contributed by atoms with van der Waals surface area (Å²) in [5, 5.41) is 0. The molecule has 0 atom stereocenters. The molecule has 1 aromatic rings. The van der Waals surface area contributed by atoms with Gasteiger partial charge in [-0.1, -0.05) is 37.3 Å². The van der Waals surface area contributed by atoms with Gasteiger partial charge in [0, 0.05) is 5.56 Å². The maximum Gasteiger partial charge on any atom is 0.349 e. The van der Waals surface area contributed by atoms with Crippen molar-refractivity contribution in [2.75, 3.05) is 6.61 Å². The van der Waals surface area contributed by atoms with Crippen molar-refractivity contribution in [1.29, 1.82) is 0 Å². The molecular formula is C19H26O5. The normalized spacial score (nSPS) is 10.5. The van der Waals surface area contributed by atoms with E-state index < -0.39 is 11.9 Å². The second kappa shape index (κ2) is 9.75. The Morgan fingerprint density at radius 3 is 1.83 bits per heavy atom. The van der Waals surface area contributed by atoms with Gasteiger partial charge in [0.05, 0.1) is 18.8 Å². The third kappa shape index (κ3) is 6.07. The number of carbonyl (C=O) groups excluding carboxylic acids is 2. The van der Waals surface area contributed by atoms with Crippen molar-refractivity contribution in [2.24, 2.45) is 0 Å². The third-order valence-electron chi connectivity index (χ3n) is 2.81. The molecule has 0 aliphatic rings. The summed E-state index contributed by atoms with van der Waals surface area (Å²) >= 11 is 0. The van der Waals surface area contributed by atoms with E-state index in [-0.39, 0.29) is 23.5 Å². The highest BCUT2D eigenvalue weighted by Crippen LogP contribution is 2.23. The van der Waals surface area contributed by atoms with E-state index in [1.54, 1.807) is 39.8 Å². The molecular weight excluding hydrogens is 308 g/mol. The molecule has 0 saturated carbocycles. The lowest BCUT2D eigenvalue weighted by atomic mass is 10.1. The number of ether oxygens (including phenoxy) is 3. The molecule has 24 heavy (non-hydrogen) atoms. The minimum atomic E-state index is -0.745. The molecule has 0 spiro atoms. The Balaban J connectivity index is 3.41. The molecule has 1 aromatic carbocycles. The predicted molar refractivity (Wildman–Crippen MR) is 92.1 cm³/mol. The molecule has 0 unspecified atom stereocenters. The van der Waals surface area contributed by atoms with E-state index in [1.165, 1.54) is 0 Å². The largest absolute Gasteiger partial charge is 0.492 e. The first-order valence-electron chi connectivity index (χ1n) is 8.21. The van der Waals surface area contributed by atoms with Crippen molar-refractivity contribution < 1.29 is 23.8 Å². The Labute approximate surface area is 143 Å². The van der Waals surface area contributed by atoms with Crippen LogP contribution < -0.4 is 0 Å². The molecule has 5 nitrogen and oxygen atoms in total. The molecule has 0 aliphatic carbocycles. The van der Waals surface area contributed by atoms with Crippen molar-refractivity contribution in [3.8, 4) is 0 Å². The lowest BCUT2D eigenvalue weighted by molar-refractivity contribution is -0.151. The summed E-state index contributed by atoms with van der Waals surface area (Å²) in [6.07, 6.45) is 0.0207. The van der Waals surface area contributed by atoms with Gasteiger partial charge in [-0.05, 0) is 34.1 Å². The minimum Gasteiger partial charge on any atom is -0.492 e. The Morgan fingerprint density at radius 2 is 1.42 bits per heavy atom. The fourth-order valence-electron chi connectivity index (χ4n) is 1.91. The molecule has 0 aromatic heterocycles. The van der Waals surface area contributed by atoms with E-state index in [1.807, 2.05) is 25.1 Å². The van der Waals surface area contributed by atoms with Gasteiger partial charge < -0.3 is 14.2 Å². The lowest BCUT2D eigenvalue weighted by Gasteiger charge is -2.17. The molecule has 132 valence electrons. The highest BCUT2D eigenvalue weighted by Gasteiger charge is 2.30. The van der Waals surface area contributed by atoms with Gasteiger partial charge in [-0.15, -0.1) is 0 Å². The molecule has 0 aliphatic heterocycles. The number of benzene rings is 1. The zero-order chi connectivity index (χ0) is 18.1. The molecule has 0 amide bonds. The first kappa shape index (κ1) is 19.7. The van der Waals surface area contributed by atoms with Crippen LogP contribution in [0, 0.1) is 0 Å². The van der Waals surface area contributed by atoms with Crippen LogP contribution >= 0.6 is 0 Å². The highest BCUT2D eigenvalue weighted by atomic mass is 16.6. The summed E-state index contributed by atoms with van der Waals surface area (Å²) in [7, 11) is 0. The minimum absolute atomic E-state index is 0.189. The Hall–Kier alpha value is -2.30. The van der Waals surface area contributed by atoms with E-state index >= 15 is 0 Å². The van der Waals surface area contributed by atoms with Crippen molar-refractivity contribution in [3.05, 3.63) is 41.5 Å². The molecule has 0 bridgehead atoms. The van der Waals surface area contributed by atoms with Gasteiger partial charge in [-0.3, -0.25) is 0 Å². The van der Waals surface area contributed by atoms with Crippen LogP contribution in [-0.2, 0) is 23.8 Å². The average Bonchev–Trinajstić information content (AvgIpc) is 2.50. The molecule has 0 saturated heterocycles. The summed E-state index contributed by atoms with van der Waals surface area (Å²) in [6.45, 7) is 9.20. The summed E-state index contributed by atoms with van der Waals surface area (Å²) in [5.74, 6) is -1.30. The molecule has 1 rings (SSSR count). The predicted octanol–water partition coefficient (Wildman–Crippen LogP) is 3.73. The highest BCUT2D eigenvalue weighted by molar-refractivity contribution is 6.19. The molecule has 0 radical (unpaired) electrons. The quantitative estimate of drug-likeness (QED) is 0.238. The van der Waals surface area contributed by atoms with Crippen molar-refractivity contribution in [1.82, 2.24) is 0 Å². The first-order chi connectivity index (χ1) is 11.4. The summed E-state index contributed by atoms with van der Waals surface area (Å²) in [6, 6.07) is 9.01. The van der Waals surface area contributed by atoms with Crippen LogP contribution in [0.2, 0.25) is 0 Å². The van der Waals surface area contributed by atoms with Crippen LogP contribution in [0.25, 0.3) is 5.76 Å². The lowest BCUT2D eigenvalue weighted by Crippen LogP contribution is -2.25. The molecule has 0 heterocycles. The summed E-state index contributed by atoms with van der Waals surface area (Å²) in [4.78, 5) is 25.0. The SMILES string of the molecule is CCCOC(=C(C(=O)OC(C)C)C(=O)OC(C)C)c1ccccc1. The second-order valence-electron chi connectivity index (χ2n) is 5.83. The zero-order valence-electron chi connectivity index (χ0n) is 15.0. The summed E-state index contributed by atoms with van der Waals surface area (Å²) < 4.78 is 16.2. The van der Waals surface area contributed by atoms with Gasteiger partial charge in [0.25, 0.3) is 0 Å². The van der Waals surface area contributed by atoms with Crippen molar-refractivity contribution >= 4 is 17.7 Å². The maximum atomic E-state index is 12.5. The van der Waals surface area contributed by atoms with Crippen LogP contribution in [-0.4, -0.2) is 30.8 Å². The standard InChI is InChI=1S/C19H26O5/c1-6-12-22-17(15-10-8-7-9-11-15)16(18(20)23-13(2)3)19(21)24-14(4)5/h7-11,13-14H,6,12H2,1-5H3. The Morgan fingerprint density at radius 1 is 0.917 bits per heavy atom. The van der Waals surface area contributed by atoms with Crippen LogP contribution in [0.3, 0.4) is 0 Å². The topological polar surface area (TPSA) is 61.8 Å². The third-order valence-corrected chi connectivity index (χ3v) is 2.81. The zero-order valence-corrected chi connectivity index (χ0v) is 15.0. The van der Waals surface area contributed by atoms with E-state index in [4.69, 9.17) is 14.2 Å². The number of hydrogen-bond donors (Lipinski definition) is 0. The maximum absolute atomic E-state index is 12.5. The van der Waals surface area contributed by atoms with Gasteiger partial charge >= 0.3 is 11.9 Å². The number of esters is 2.